The van der Waals surface area contributed by atoms with Crippen LogP contribution in [0.4, 0.5) is 0 Å². The second kappa shape index (κ2) is 8.40. The van der Waals surface area contributed by atoms with Crippen molar-refractivity contribution < 1.29 is 4.74 Å². The molecule has 0 fully saturated rings. The number of hydrogen-bond donors (Lipinski definition) is 1. The molecule has 0 aliphatic heterocycles. The van der Waals surface area contributed by atoms with Gasteiger partial charge in [0.2, 0.25) is 0 Å². The van der Waals surface area contributed by atoms with Crippen molar-refractivity contribution >= 4 is 21.4 Å². The van der Waals surface area contributed by atoms with Crippen LogP contribution in [0.5, 0.6) is 0 Å². The largest absolute Gasteiger partial charge is 0.377 e. The number of hydrogen-bond acceptors (Lipinski definition) is 3. The standard InChI is InChI=1S/C17H25NOS/c1-3-5-8-11-19-13-15-14-9-6-7-10-16(14)20-17(15)12-18-4-2/h6-7,9-10,18H,3-5,8,11-13H2,1-2H3. The maximum atomic E-state index is 5.89. The highest BCUT2D eigenvalue weighted by Gasteiger charge is 2.11. The van der Waals surface area contributed by atoms with E-state index >= 15 is 0 Å². The molecular weight excluding hydrogens is 266 g/mol. The summed E-state index contributed by atoms with van der Waals surface area (Å²) in [6.07, 6.45) is 3.67. The van der Waals surface area contributed by atoms with Gasteiger partial charge in [-0.15, -0.1) is 11.3 Å². The van der Waals surface area contributed by atoms with E-state index in [1.54, 1.807) is 0 Å². The number of unbranched alkanes of at least 4 members (excludes halogenated alkanes) is 2. The number of thiophene rings is 1. The van der Waals surface area contributed by atoms with Gasteiger partial charge in [-0.2, -0.15) is 0 Å². The Hall–Kier alpha value is -0.900. The molecule has 1 aromatic heterocycles. The normalized spacial score (nSPS) is 11.3. The minimum atomic E-state index is 0.744. The molecule has 0 spiro atoms. The molecule has 0 radical (unpaired) electrons. The molecule has 1 N–H and O–H groups in total. The van der Waals surface area contributed by atoms with Crippen molar-refractivity contribution in [3.05, 3.63) is 34.7 Å². The Morgan fingerprint density at radius 2 is 2.00 bits per heavy atom. The molecule has 2 aromatic rings. The molecular formula is C17H25NOS. The molecule has 0 amide bonds. The van der Waals surface area contributed by atoms with Crippen molar-refractivity contribution in [2.45, 2.75) is 46.3 Å². The van der Waals surface area contributed by atoms with Crippen molar-refractivity contribution in [1.29, 1.82) is 0 Å². The van der Waals surface area contributed by atoms with Gasteiger partial charge in [-0.3, -0.25) is 0 Å². The summed E-state index contributed by atoms with van der Waals surface area (Å²) in [5.74, 6) is 0. The van der Waals surface area contributed by atoms with Gasteiger partial charge < -0.3 is 10.1 Å². The Morgan fingerprint density at radius 1 is 1.15 bits per heavy atom. The average molecular weight is 291 g/mol. The predicted octanol–water partition coefficient (Wildman–Crippen LogP) is 4.72. The molecule has 0 aliphatic carbocycles. The first-order valence-corrected chi connectivity index (χ1v) is 8.46. The molecule has 0 unspecified atom stereocenters. The topological polar surface area (TPSA) is 21.3 Å². The molecule has 0 saturated carbocycles. The monoisotopic (exact) mass is 291 g/mol. The second-order valence-electron chi connectivity index (χ2n) is 5.04. The number of fused-ring (bicyclic) bond motifs is 1. The van der Waals surface area contributed by atoms with E-state index < -0.39 is 0 Å². The molecule has 3 heteroatoms. The maximum absolute atomic E-state index is 5.89. The Bertz CT molecular complexity index is 521. The zero-order chi connectivity index (χ0) is 14.2. The predicted molar refractivity (Wildman–Crippen MR) is 88.4 cm³/mol. The third kappa shape index (κ3) is 4.05. The first kappa shape index (κ1) is 15.5. The quantitative estimate of drug-likeness (QED) is 0.675. The van der Waals surface area contributed by atoms with Gasteiger partial charge in [0.25, 0.3) is 0 Å². The van der Waals surface area contributed by atoms with Crippen molar-refractivity contribution in [2.24, 2.45) is 0 Å². The van der Waals surface area contributed by atoms with Gasteiger partial charge in [0.1, 0.15) is 0 Å². The fraction of sp³-hybridized carbons (Fsp3) is 0.529. The average Bonchev–Trinajstić information content (AvgIpc) is 2.83. The fourth-order valence-electron chi connectivity index (χ4n) is 2.32. The van der Waals surface area contributed by atoms with E-state index in [1.807, 2.05) is 11.3 Å². The Kier molecular flexibility index (Phi) is 6.51. The van der Waals surface area contributed by atoms with Crippen LogP contribution < -0.4 is 5.32 Å². The summed E-state index contributed by atoms with van der Waals surface area (Å²) in [7, 11) is 0. The van der Waals surface area contributed by atoms with Crippen molar-refractivity contribution in [1.82, 2.24) is 5.32 Å². The summed E-state index contributed by atoms with van der Waals surface area (Å²) in [6.45, 7) is 7.94. The minimum Gasteiger partial charge on any atom is -0.377 e. The van der Waals surface area contributed by atoms with Crippen LogP contribution in [0.2, 0.25) is 0 Å². The SMILES string of the molecule is CCCCCOCc1c(CNCC)sc2ccccc12. The minimum absolute atomic E-state index is 0.744. The number of benzene rings is 1. The zero-order valence-corrected chi connectivity index (χ0v) is 13.4. The van der Waals surface area contributed by atoms with Gasteiger partial charge in [-0.25, -0.2) is 0 Å². The van der Waals surface area contributed by atoms with Crippen LogP contribution in [-0.4, -0.2) is 13.2 Å². The van der Waals surface area contributed by atoms with Crippen molar-refractivity contribution in [2.75, 3.05) is 13.2 Å². The second-order valence-corrected chi connectivity index (χ2v) is 6.18. The molecule has 0 atom stereocenters. The Labute approximate surface area is 126 Å². The van der Waals surface area contributed by atoms with Crippen LogP contribution in [0.1, 0.15) is 43.6 Å². The first-order valence-electron chi connectivity index (χ1n) is 7.64. The lowest BCUT2D eigenvalue weighted by atomic mass is 10.1. The molecule has 0 aliphatic rings. The van der Waals surface area contributed by atoms with Crippen LogP contribution in [0.3, 0.4) is 0 Å². The third-order valence-electron chi connectivity index (χ3n) is 3.46. The van der Waals surface area contributed by atoms with Gasteiger partial charge in [0, 0.05) is 28.3 Å². The van der Waals surface area contributed by atoms with Crippen LogP contribution in [-0.2, 0) is 17.9 Å². The van der Waals surface area contributed by atoms with E-state index in [0.29, 0.717) is 0 Å². The van der Waals surface area contributed by atoms with E-state index in [-0.39, 0.29) is 0 Å². The van der Waals surface area contributed by atoms with Gasteiger partial charge in [-0.05, 0) is 24.4 Å². The van der Waals surface area contributed by atoms with Gasteiger partial charge in [0.15, 0.2) is 0 Å². The highest BCUT2D eigenvalue weighted by atomic mass is 32.1. The first-order chi connectivity index (χ1) is 9.86. The third-order valence-corrected chi connectivity index (χ3v) is 4.67. The lowest BCUT2D eigenvalue weighted by Crippen LogP contribution is -2.12. The summed E-state index contributed by atoms with van der Waals surface area (Å²) in [5.41, 5.74) is 1.38. The molecule has 2 rings (SSSR count). The van der Waals surface area contributed by atoms with E-state index in [1.165, 1.54) is 39.8 Å². The molecule has 1 aromatic carbocycles. The smallest absolute Gasteiger partial charge is 0.0734 e. The lowest BCUT2D eigenvalue weighted by molar-refractivity contribution is 0.117. The summed E-state index contributed by atoms with van der Waals surface area (Å²) >= 11 is 1.89. The van der Waals surface area contributed by atoms with Crippen molar-refractivity contribution in [3.8, 4) is 0 Å². The summed E-state index contributed by atoms with van der Waals surface area (Å²) in [4.78, 5) is 1.42. The van der Waals surface area contributed by atoms with Gasteiger partial charge in [-0.1, -0.05) is 44.9 Å². The summed E-state index contributed by atoms with van der Waals surface area (Å²) < 4.78 is 7.26. The molecule has 110 valence electrons. The van der Waals surface area contributed by atoms with Crippen molar-refractivity contribution in [3.63, 3.8) is 0 Å². The molecule has 0 saturated heterocycles. The van der Waals surface area contributed by atoms with Crippen LogP contribution in [0.25, 0.3) is 10.1 Å². The van der Waals surface area contributed by atoms with Crippen LogP contribution in [0.15, 0.2) is 24.3 Å². The lowest BCUT2D eigenvalue weighted by Gasteiger charge is -2.07. The fourth-order valence-corrected chi connectivity index (χ4v) is 3.50. The summed E-state index contributed by atoms with van der Waals surface area (Å²) in [5, 5.41) is 4.79. The number of ether oxygens (including phenoxy) is 1. The number of nitrogens with one attached hydrogen (secondary N) is 1. The molecule has 20 heavy (non-hydrogen) atoms. The zero-order valence-electron chi connectivity index (χ0n) is 12.6. The molecule has 1 heterocycles. The van der Waals surface area contributed by atoms with Crippen LogP contribution >= 0.6 is 11.3 Å². The number of rotatable bonds is 9. The van der Waals surface area contributed by atoms with Gasteiger partial charge >= 0.3 is 0 Å². The highest BCUT2D eigenvalue weighted by Crippen LogP contribution is 2.31. The Balaban J connectivity index is 2.07. The van der Waals surface area contributed by atoms with E-state index in [4.69, 9.17) is 4.74 Å². The summed E-state index contributed by atoms with van der Waals surface area (Å²) in [6, 6.07) is 8.65. The van der Waals surface area contributed by atoms with Gasteiger partial charge in [0.05, 0.1) is 6.61 Å². The van der Waals surface area contributed by atoms with Crippen LogP contribution in [0, 0.1) is 0 Å². The molecule has 0 bridgehead atoms. The highest BCUT2D eigenvalue weighted by molar-refractivity contribution is 7.19. The van der Waals surface area contributed by atoms with E-state index in [9.17, 15) is 0 Å². The molecule has 2 nitrogen and oxygen atoms in total. The van der Waals surface area contributed by atoms with E-state index in [2.05, 4.69) is 43.4 Å². The maximum Gasteiger partial charge on any atom is 0.0734 e. The Morgan fingerprint density at radius 3 is 2.80 bits per heavy atom. The van der Waals surface area contributed by atoms with E-state index in [0.717, 1.165) is 26.3 Å².